The Balaban J connectivity index is 1.48. The third-order valence-electron chi connectivity index (χ3n) is 6.74. The van der Waals surface area contributed by atoms with Crippen molar-refractivity contribution in [1.82, 2.24) is 14.6 Å². The zero-order valence-corrected chi connectivity index (χ0v) is 23.4. The highest BCUT2D eigenvalue weighted by Gasteiger charge is 2.55. The maximum atomic E-state index is 15.6. The normalized spacial score (nSPS) is 27.9. The van der Waals surface area contributed by atoms with Crippen LogP contribution in [0.5, 0.6) is 5.75 Å². The first-order valence-electron chi connectivity index (χ1n) is 12.8. The first kappa shape index (κ1) is 29.6. The molecule has 2 aromatic rings. The average molecular weight is 586 g/mol. The summed E-state index contributed by atoms with van der Waals surface area (Å²) in [7, 11) is 0. The number of H-pyrrole nitrogens is 1. The molecule has 1 saturated heterocycles. The van der Waals surface area contributed by atoms with Crippen molar-refractivity contribution >= 4 is 24.4 Å². The third-order valence-corrected chi connectivity index (χ3v) is 9.24. The van der Waals surface area contributed by atoms with Crippen LogP contribution >= 0.6 is 6.64 Å². The molecule has 6 atom stereocenters. The molecule has 214 valence electrons. The minimum absolute atomic E-state index is 0.151. The second-order valence-electron chi connectivity index (χ2n) is 9.89. The van der Waals surface area contributed by atoms with Gasteiger partial charge in [-0.2, -0.15) is 0 Å². The van der Waals surface area contributed by atoms with Crippen molar-refractivity contribution in [2.45, 2.75) is 82.2 Å². The molecule has 39 heavy (non-hydrogen) atoms. The van der Waals surface area contributed by atoms with E-state index in [1.54, 1.807) is 37.3 Å². The highest BCUT2D eigenvalue weighted by molar-refractivity contribution is 8.09. The molecule has 1 aliphatic carbocycles. The number of halogens is 1. The van der Waals surface area contributed by atoms with Gasteiger partial charge in [-0.25, -0.2) is 14.3 Å². The molecule has 1 saturated carbocycles. The number of aromatic nitrogens is 2. The van der Waals surface area contributed by atoms with Crippen molar-refractivity contribution < 1.29 is 32.8 Å². The summed E-state index contributed by atoms with van der Waals surface area (Å²) in [5.74, 6) is -0.121. The topological polar surface area (TPSA) is 141 Å². The predicted octanol–water partition coefficient (Wildman–Crippen LogP) is 2.70. The standard InChI is InChI=1S/C25H33FN3O8PS/c1-16(22(32)35-17-9-5-3-6-10-17)28-38(39,37-18-11-7-4-8-12-18)34-15-19-21(31)25(2,26)23(36-19)29-14-13-20(30)27-24(29)33/h4,7-8,11-14,16-17,19,21,23,31H,3,5-6,9-10,15H2,1-2H3,(H,28,39)(H,27,30,33)/t16-,19+,21+,23+,25+,38?/m0/s1. The lowest BCUT2D eigenvalue weighted by Crippen LogP contribution is -2.43. The van der Waals surface area contributed by atoms with Crippen molar-refractivity contribution in [2.75, 3.05) is 6.61 Å². The van der Waals surface area contributed by atoms with Crippen LogP contribution in [-0.2, 0) is 30.6 Å². The Morgan fingerprint density at radius 1 is 1.28 bits per heavy atom. The lowest BCUT2D eigenvalue weighted by Gasteiger charge is -2.29. The highest BCUT2D eigenvalue weighted by atomic mass is 32.5. The number of aliphatic hydroxyl groups excluding tert-OH is 1. The molecule has 2 heterocycles. The summed E-state index contributed by atoms with van der Waals surface area (Å²) in [5.41, 5.74) is -3.96. The number of hydrogen-bond acceptors (Lipinski definition) is 9. The monoisotopic (exact) mass is 585 g/mol. The Hall–Kier alpha value is -2.41. The van der Waals surface area contributed by atoms with Gasteiger partial charge in [-0.15, -0.1) is 0 Å². The zero-order valence-electron chi connectivity index (χ0n) is 21.7. The fourth-order valence-electron chi connectivity index (χ4n) is 4.58. The minimum atomic E-state index is -3.48. The first-order valence-corrected chi connectivity index (χ1v) is 15.4. The molecule has 1 aromatic heterocycles. The molecule has 11 nitrogen and oxygen atoms in total. The predicted molar refractivity (Wildman–Crippen MR) is 144 cm³/mol. The van der Waals surface area contributed by atoms with Gasteiger partial charge in [0.1, 0.15) is 30.1 Å². The fourth-order valence-corrected chi connectivity index (χ4v) is 7.00. The Bertz CT molecular complexity index is 1300. The molecule has 0 spiro atoms. The number of esters is 1. The van der Waals surface area contributed by atoms with E-state index in [-0.39, 0.29) is 6.10 Å². The lowest BCUT2D eigenvalue weighted by atomic mass is 9.98. The molecular weight excluding hydrogens is 552 g/mol. The Labute approximate surface area is 229 Å². The summed E-state index contributed by atoms with van der Waals surface area (Å²) < 4.78 is 39.6. The van der Waals surface area contributed by atoms with Gasteiger partial charge in [0.2, 0.25) is 0 Å². The number of aliphatic hydroxyl groups is 1. The fraction of sp³-hybridized carbons (Fsp3) is 0.560. The van der Waals surface area contributed by atoms with Crippen molar-refractivity contribution in [3.8, 4) is 5.75 Å². The molecule has 14 heteroatoms. The molecule has 3 N–H and O–H groups in total. The van der Waals surface area contributed by atoms with Gasteiger partial charge in [-0.3, -0.25) is 19.1 Å². The van der Waals surface area contributed by atoms with Crippen LogP contribution in [-0.4, -0.2) is 57.3 Å². The summed E-state index contributed by atoms with van der Waals surface area (Å²) in [6.45, 7) is -1.23. The number of para-hydroxylation sites is 1. The molecule has 4 rings (SSSR count). The summed E-state index contributed by atoms with van der Waals surface area (Å²) >= 11 is 5.69. The number of hydrogen-bond donors (Lipinski definition) is 3. The number of nitrogens with one attached hydrogen (secondary N) is 2. The van der Waals surface area contributed by atoms with Crippen LogP contribution in [0, 0.1) is 0 Å². The summed E-state index contributed by atoms with van der Waals surface area (Å²) in [4.78, 5) is 38.5. The van der Waals surface area contributed by atoms with Crippen molar-refractivity contribution in [3.05, 3.63) is 63.4 Å². The second kappa shape index (κ2) is 12.4. The van der Waals surface area contributed by atoms with Crippen LogP contribution in [0.25, 0.3) is 0 Å². The van der Waals surface area contributed by atoms with Crippen molar-refractivity contribution in [3.63, 3.8) is 0 Å². The number of alkyl halides is 1. The SMILES string of the molecule is C[C@H](NP(=S)(OC[C@H]1O[C@@H](n2ccc(=O)[nH]c2=O)[C@](C)(F)[C@@H]1O)Oc1ccccc1)C(=O)OC1CCCCC1. The van der Waals surface area contributed by atoms with Gasteiger partial charge in [-0.05, 0) is 63.5 Å². The number of carbonyl (C=O) groups excluding carboxylic acids is 1. The molecule has 2 fully saturated rings. The Morgan fingerprint density at radius 3 is 2.64 bits per heavy atom. The van der Waals surface area contributed by atoms with Crippen LogP contribution in [0.15, 0.2) is 52.2 Å². The largest absolute Gasteiger partial charge is 0.461 e. The molecule has 0 bridgehead atoms. The van der Waals surface area contributed by atoms with Gasteiger partial charge >= 0.3 is 18.3 Å². The number of carbonyl (C=O) groups is 1. The maximum Gasteiger partial charge on any atom is 0.330 e. The van der Waals surface area contributed by atoms with Crippen LogP contribution in [0.4, 0.5) is 4.39 Å². The van der Waals surface area contributed by atoms with Gasteiger partial charge in [0.15, 0.2) is 11.9 Å². The maximum absolute atomic E-state index is 15.6. The minimum Gasteiger partial charge on any atom is -0.461 e. The lowest BCUT2D eigenvalue weighted by molar-refractivity contribution is -0.152. The summed E-state index contributed by atoms with van der Waals surface area (Å²) in [5, 5.41) is 13.6. The van der Waals surface area contributed by atoms with Gasteiger partial charge in [0, 0.05) is 12.3 Å². The highest BCUT2D eigenvalue weighted by Crippen LogP contribution is 2.47. The molecule has 1 unspecified atom stereocenters. The zero-order chi connectivity index (χ0) is 28.2. The Morgan fingerprint density at radius 2 is 1.97 bits per heavy atom. The van der Waals surface area contributed by atoms with E-state index in [1.165, 1.54) is 0 Å². The van der Waals surface area contributed by atoms with Crippen LogP contribution in [0.1, 0.15) is 52.2 Å². The third kappa shape index (κ3) is 7.22. The van der Waals surface area contributed by atoms with E-state index in [1.807, 2.05) is 4.98 Å². The number of rotatable bonds is 10. The summed E-state index contributed by atoms with van der Waals surface area (Å²) in [6, 6.07) is 8.75. The van der Waals surface area contributed by atoms with E-state index in [9.17, 15) is 19.5 Å². The van der Waals surface area contributed by atoms with Crippen LogP contribution < -0.4 is 20.9 Å². The van der Waals surface area contributed by atoms with E-state index in [2.05, 4.69) is 5.09 Å². The number of benzene rings is 1. The molecule has 2 aliphatic rings. The number of aromatic amines is 1. The quantitative estimate of drug-likeness (QED) is 0.282. The molecular formula is C25H33FN3O8PS. The van der Waals surface area contributed by atoms with Crippen molar-refractivity contribution in [1.29, 1.82) is 0 Å². The number of nitrogens with zero attached hydrogens (tertiary/aromatic N) is 1. The van der Waals surface area contributed by atoms with E-state index in [0.29, 0.717) is 5.75 Å². The van der Waals surface area contributed by atoms with Gasteiger partial charge < -0.3 is 23.6 Å². The molecule has 0 amide bonds. The van der Waals surface area contributed by atoms with Crippen LogP contribution in [0.2, 0.25) is 0 Å². The number of ether oxygens (including phenoxy) is 2. The van der Waals surface area contributed by atoms with E-state index in [4.69, 9.17) is 30.3 Å². The van der Waals surface area contributed by atoms with E-state index >= 15 is 4.39 Å². The second-order valence-corrected chi connectivity index (χ2v) is 13.0. The van der Waals surface area contributed by atoms with Crippen molar-refractivity contribution in [2.24, 2.45) is 0 Å². The Kier molecular flexibility index (Phi) is 9.41. The smallest absolute Gasteiger partial charge is 0.330 e. The van der Waals surface area contributed by atoms with Crippen LogP contribution in [0.3, 0.4) is 0 Å². The molecule has 1 aliphatic heterocycles. The van der Waals surface area contributed by atoms with Gasteiger partial charge in [-0.1, -0.05) is 24.6 Å². The van der Waals surface area contributed by atoms with E-state index in [0.717, 1.165) is 55.9 Å². The molecule has 1 aromatic carbocycles. The van der Waals surface area contributed by atoms with E-state index < -0.39 is 60.6 Å². The first-order chi connectivity index (χ1) is 18.5. The van der Waals surface area contributed by atoms with Gasteiger partial charge in [0.25, 0.3) is 5.56 Å². The summed E-state index contributed by atoms with van der Waals surface area (Å²) in [6.07, 6.45) is 1.16. The van der Waals surface area contributed by atoms with Gasteiger partial charge in [0.05, 0.1) is 6.61 Å². The average Bonchev–Trinajstić information content (AvgIpc) is 3.12. The molecule has 0 radical (unpaired) electrons.